The summed E-state index contributed by atoms with van der Waals surface area (Å²) < 4.78 is 10.4. The SMILES string of the molecule is c1ccc(-c2cccc(-n3c4ccccc4c4ccc5c(c6cccc7c8c(-c9ccccc9)c9c(c(-c%10ccccc%10)c8n5c76)c5cccc6c7c8c(ccc7n9c56)c5ccccc5n8-c5cccc(-c6ccccc6)c5)c43)c2)cc1. The zero-order valence-electron chi connectivity index (χ0n) is 44.3. The van der Waals surface area contributed by atoms with Gasteiger partial charge in [-0.1, -0.05) is 231 Å². The van der Waals surface area contributed by atoms with E-state index in [0.29, 0.717) is 0 Å². The zero-order valence-corrected chi connectivity index (χ0v) is 44.3. The van der Waals surface area contributed by atoms with Crippen LogP contribution >= 0.6 is 0 Å². The first-order valence-electron chi connectivity index (χ1n) is 28.4. The maximum Gasteiger partial charge on any atom is 0.0641 e. The normalized spacial score (nSPS) is 12.4. The van der Waals surface area contributed by atoms with Crippen LogP contribution in [0.4, 0.5) is 0 Å². The van der Waals surface area contributed by atoms with Crippen LogP contribution in [0.3, 0.4) is 0 Å². The topological polar surface area (TPSA) is 18.7 Å². The molecule has 0 saturated heterocycles. The van der Waals surface area contributed by atoms with E-state index in [1.54, 1.807) is 0 Å². The number of benzene rings is 13. The van der Waals surface area contributed by atoms with Gasteiger partial charge in [-0.25, -0.2) is 0 Å². The predicted molar refractivity (Wildman–Crippen MR) is 346 cm³/mol. The number of para-hydroxylation sites is 4. The van der Waals surface area contributed by atoms with Crippen LogP contribution in [0.1, 0.15) is 0 Å². The predicted octanol–water partition coefficient (Wildman–Crippen LogP) is 20.8. The number of rotatable bonds is 6. The largest absolute Gasteiger partial charge is 0.309 e. The molecule has 378 valence electrons. The average Bonchev–Trinajstić information content (AvgIpc) is 2.03. The van der Waals surface area contributed by atoms with Gasteiger partial charge in [0, 0.05) is 87.1 Å². The second-order valence-electron chi connectivity index (χ2n) is 22.3. The Hall–Kier alpha value is -10.9. The van der Waals surface area contributed by atoms with Crippen LogP contribution in [0.2, 0.25) is 0 Å². The standard InChI is InChI=1S/C78H46N4/c1-5-21-47(22-6-1)51-29-17-31-53(45-51)79-63-39-15-13-33-55(63)57-41-43-65-69(75(57)79)59-35-19-37-61-71-68(50-27-11-4-12-28-50)78-72(67(49-25-9-3-10-26-49)77(71)81(65)73(59)61)62-38-20-36-60-70-66(82(78)74(60)62)44-42-58-56-34-14-16-40-64(56)80(76(58)70)54-32-18-30-52(46-54)48-23-7-2-8-24-48/h1-46H. The van der Waals surface area contributed by atoms with Gasteiger partial charge in [0.15, 0.2) is 0 Å². The molecule has 6 aromatic heterocycles. The molecule has 4 nitrogen and oxygen atoms in total. The van der Waals surface area contributed by atoms with Crippen molar-refractivity contribution in [1.29, 1.82) is 0 Å². The van der Waals surface area contributed by atoms with Gasteiger partial charge in [-0.15, -0.1) is 0 Å². The van der Waals surface area contributed by atoms with Crippen molar-refractivity contribution in [1.82, 2.24) is 17.9 Å². The van der Waals surface area contributed by atoms with Gasteiger partial charge in [-0.3, -0.25) is 0 Å². The molecule has 0 unspecified atom stereocenters. The van der Waals surface area contributed by atoms with Gasteiger partial charge >= 0.3 is 0 Å². The maximum absolute atomic E-state index is 2.66. The minimum absolute atomic E-state index is 1.14. The van der Waals surface area contributed by atoms with Crippen LogP contribution in [-0.4, -0.2) is 17.9 Å². The zero-order chi connectivity index (χ0) is 53.3. The number of hydrogen-bond donors (Lipinski definition) is 0. The van der Waals surface area contributed by atoms with Crippen molar-refractivity contribution in [3.05, 3.63) is 279 Å². The fourth-order valence-electron chi connectivity index (χ4n) is 15.0. The fraction of sp³-hybridized carbons (Fsp3) is 0. The van der Waals surface area contributed by atoms with E-state index in [1.165, 1.54) is 164 Å². The number of aromatic nitrogens is 4. The lowest BCUT2D eigenvalue weighted by atomic mass is 9.89. The molecule has 19 rings (SSSR count). The van der Waals surface area contributed by atoms with Crippen LogP contribution in [0, 0.1) is 0 Å². The van der Waals surface area contributed by atoms with E-state index in [2.05, 4.69) is 297 Å². The quantitative estimate of drug-likeness (QED) is 0.158. The van der Waals surface area contributed by atoms with E-state index in [9.17, 15) is 0 Å². The third-order valence-corrected chi connectivity index (χ3v) is 18.2. The molecule has 0 radical (unpaired) electrons. The summed E-state index contributed by atoms with van der Waals surface area (Å²) in [6.07, 6.45) is 0. The molecule has 0 saturated carbocycles. The second-order valence-corrected chi connectivity index (χ2v) is 22.3. The molecule has 19 aromatic rings. The van der Waals surface area contributed by atoms with Crippen LogP contribution in [-0.2, 0) is 0 Å². The van der Waals surface area contributed by atoms with Crippen molar-refractivity contribution in [2.45, 2.75) is 0 Å². The molecule has 0 aliphatic carbocycles. The fourth-order valence-corrected chi connectivity index (χ4v) is 15.0. The molecular formula is C78H46N4. The van der Waals surface area contributed by atoms with Crippen LogP contribution in [0.5, 0.6) is 0 Å². The molecule has 0 bridgehead atoms. The van der Waals surface area contributed by atoms with Gasteiger partial charge in [0.1, 0.15) is 0 Å². The van der Waals surface area contributed by atoms with Crippen molar-refractivity contribution < 1.29 is 0 Å². The lowest BCUT2D eigenvalue weighted by molar-refractivity contribution is 1.19. The third-order valence-electron chi connectivity index (χ3n) is 18.2. The Morgan fingerprint density at radius 2 is 0.512 bits per heavy atom. The molecule has 0 atom stereocenters. The number of nitrogens with zero attached hydrogens (tertiary/aromatic N) is 4. The highest BCUT2D eigenvalue weighted by Gasteiger charge is 2.32. The van der Waals surface area contributed by atoms with Crippen molar-refractivity contribution in [3.8, 4) is 55.9 Å². The van der Waals surface area contributed by atoms with Gasteiger partial charge in [-0.05, 0) is 81.9 Å². The second kappa shape index (κ2) is 16.3. The first kappa shape index (κ1) is 44.0. The number of hydrogen-bond acceptors (Lipinski definition) is 0. The highest BCUT2D eigenvalue weighted by Crippen LogP contribution is 2.56. The molecule has 6 heterocycles. The molecule has 0 aliphatic heterocycles. The summed E-state index contributed by atoms with van der Waals surface area (Å²) in [6.45, 7) is 0. The first-order chi connectivity index (χ1) is 40.8. The van der Waals surface area contributed by atoms with Crippen molar-refractivity contribution in [3.63, 3.8) is 0 Å². The van der Waals surface area contributed by atoms with Gasteiger partial charge in [0.05, 0.1) is 55.2 Å². The van der Waals surface area contributed by atoms with E-state index >= 15 is 0 Å². The monoisotopic (exact) mass is 1040 g/mol. The Kier molecular flexibility index (Phi) is 8.76. The molecule has 0 N–H and O–H groups in total. The van der Waals surface area contributed by atoms with E-state index in [1.807, 2.05) is 0 Å². The van der Waals surface area contributed by atoms with Crippen molar-refractivity contribution in [2.24, 2.45) is 0 Å². The average molecular weight is 1040 g/mol. The Balaban J connectivity index is 1.00. The van der Waals surface area contributed by atoms with Crippen molar-refractivity contribution >= 4 is 120 Å². The van der Waals surface area contributed by atoms with Crippen LogP contribution < -0.4 is 0 Å². The summed E-state index contributed by atoms with van der Waals surface area (Å²) in [4.78, 5) is 0. The molecular weight excluding hydrogens is 993 g/mol. The Morgan fingerprint density at radius 3 is 0.927 bits per heavy atom. The summed E-state index contributed by atoms with van der Waals surface area (Å²) in [5, 5.41) is 15.0. The van der Waals surface area contributed by atoms with Gasteiger partial charge in [0.2, 0.25) is 0 Å². The molecule has 0 amide bonds. The smallest absolute Gasteiger partial charge is 0.0641 e. The van der Waals surface area contributed by atoms with E-state index < -0.39 is 0 Å². The number of fused-ring (bicyclic) bond motifs is 20. The maximum atomic E-state index is 2.66. The molecule has 13 aromatic carbocycles. The molecule has 0 spiro atoms. The van der Waals surface area contributed by atoms with Gasteiger partial charge in [-0.2, -0.15) is 0 Å². The minimum atomic E-state index is 1.14. The minimum Gasteiger partial charge on any atom is -0.309 e. The Morgan fingerprint density at radius 1 is 0.183 bits per heavy atom. The summed E-state index contributed by atoms with van der Waals surface area (Å²) in [7, 11) is 0. The highest BCUT2D eigenvalue weighted by molar-refractivity contribution is 6.40. The van der Waals surface area contributed by atoms with Gasteiger partial charge < -0.3 is 17.9 Å². The highest BCUT2D eigenvalue weighted by atomic mass is 15.0. The van der Waals surface area contributed by atoms with Crippen LogP contribution in [0.25, 0.3) is 176 Å². The Labute approximate surface area is 470 Å². The molecule has 82 heavy (non-hydrogen) atoms. The molecule has 4 heteroatoms. The summed E-state index contributed by atoms with van der Waals surface area (Å²) in [5.41, 5.74) is 24.1. The summed E-state index contributed by atoms with van der Waals surface area (Å²) in [6, 6.07) is 104. The first-order valence-corrected chi connectivity index (χ1v) is 28.4. The van der Waals surface area contributed by atoms with E-state index in [0.717, 1.165) is 11.4 Å². The van der Waals surface area contributed by atoms with E-state index in [-0.39, 0.29) is 0 Å². The molecule has 0 aliphatic rings. The van der Waals surface area contributed by atoms with Crippen LogP contribution in [0.15, 0.2) is 279 Å². The summed E-state index contributed by atoms with van der Waals surface area (Å²) >= 11 is 0. The summed E-state index contributed by atoms with van der Waals surface area (Å²) in [5.74, 6) is 0. The van der Waals surface area contributed by atoms with E-state index in [4.69, 9.17) is 0 Å². The Bertz CT molecular complexity index is 5480. The van der Waals surface area contributed by atoms with Crippen molar-refractivity contribution in [2.75, 3.05) is 0 Å². The lowest BCUT2D eigenvalue weighted by Gasteiger charge is -2.16. The lowest BCUT2D eigenvalue weighted by Crippen LogP contribution is -1.96. The third kappa shape index (κ3) is 5.69. The molecule has 0 fully saturated rings. The van der Waals surface area contributed by atoms with Gasteiger partial charge in [0.25, 0.3) is 0 Å².